The molecule has 0 aliphatic rings. The molecule has 2 heterocycles. The molecule has 4 N–H and O–H groups in total. The van der Waals surface area contributed by atoms with Gasteiger partial charge in [-0.2, -0.15) is 5.10 Å². The highest BCUT2D eigenvalue weighted by Crippen LogP contribution is 2.34. The van der Waals surface area contributed by atoms with E-state index in [0.717, 1.165) is 12.1 Å². The van der Waals surface area contributed by atoms with Crippen LogP contribution < -0.4 is 11.2 Å². The van der Waals surface area contributed by atoms with Crippen molar-refractivity contribution in [2.24, 2.45) is 0 Å². The fourth-order valence-corrected chi connectivity index (χ4v) is 2.13. The molecule has 5 nitrogen and oxygen atoms in total. The summed E-state index contributed by atoms with van der Waals surface area (Å²) in [5.41, 5.74) is 6.31. The number of nitrogens with two attached hydrogens (primary N) is 1. The van der Waals surface area contributed by atoms with Crippen LogP contribution in [0.25, 0.3) is 22.4 Å². The van der Waals surface area contributed by atoms with Gasteiger partial charge >= 0.3 is 0 Å². The smallest absolute Gasteiger partial charge is 0.190 e. The minimum Gasteiger partial charge on any atom is -0.382 e. The van der Waals surface area contributed by atoms with Crippen molar-refractivity contribution >= 4 is 5.82 Å². The first-order chi connectivity index (χ1) is 10.1. The van der Waals surface area contributed by atoms with Crippen molar-refractivity contribution in [2.75, 3.05) is 5.73 Å². The van der Waals surface area contributed by atoms with Gasteiger partial charge in [0.15, 0.2) is 11.2 Å². The highest BCUT2D eigenvalue weighted by Gasteiger charge is 2.19. The van der Waals surface area contributed by atoms with E-state index in [-0.39, 0.29) is 33.6 Å². The number of nitrogens with zero attached hydrogens (tertiary/aromatic N) is 1. The largest absolute Gasteiger partial charge is 0.382 e. The van der Waals surface area contributed by atoms with Gasteiger partial charge in [0.05, 0.1) is 16.8 Å². The van der Waals surface area contributed by atoms with Gasteiger partial charge in [-0.1, -0.05) is 0 Å². The van der Waals surface area contributed by atoms with E-state index in [2.05, 4.69) is 15.2 Å². The molecular formula is C14H10F2N4O. The number of aromatic nitrogens is 3. The van der Waals surface area contributed by atoms with Gasteiger partial charge in [-0.05, 0) is 12.1 Å². The fourth-order valence-electron chi connectivity index (χ4n) is 2.13. The Morgan fingerprint density at radius 1 is 1.14 bits per heavy atom. The topological polar surface area (TPSA) is 87.6 Å². The molecule has 3 aromatic rings. The van der Waals surface area contributed by atoms with Crippen molar-refractivity contribution in [3.8, 4) is 22.4 Å². The molecule has 0 fully saturated rings. The Morgan fingerprint density at radius 2 is 1.95 bits per heavy atom. The normalized spacial score (nSPS) is 10.8. The van der Waals surface area contributed by atoms with Crippen LogP contribution in [0.1, 0.15) is 0 Å². The van der Waals surface area contributed by atoms with Crippen LogP contribution >= 0.6 is 0 Å². The van der Waals surface area contributed by atoms with Crippen LogP contribution in [0.2, 0.25) is 0 Å². The van der Waals surface area contributed by atoms with E-state index in [1.165, 1.54) is 24.5 Å². The Kier molecular flexibility index (Phi) is 3.02. The maximum atomic E-state index is 14.0. The van der Waals surface area contributed by atoms with Gasteiger partial charge in [0.25, 0.3) is 0 Å². The van der Waals surface area contributed by atoms with Crippen molar-refractivity contribution in [3.05, 3.63) is 58.5 Å². The number of H-pyrrole nitrogens is 2. The van der Waals surface area contributed by atoms with Crippen LogP contribution in [0.3, 0.4) is 0 Å². The summed E-state index contributed by atoms with van der Waals surface area (Å²) in [5, 5.41) is 6.43. The summed E-state index contributed by atoms with van der Waals surface area (Å²) in [6.07, 6.45) is 2.93. The van der Waals surface area contributed by atoms with E-state index in [9.17, 15) is 13.6 Å². The molecule has 0 spiro atoms. The lowest BCUT2D eigenvalue weighted by Gasteiger charge is -2.05. The lowest BCUT2D eigenvalue weighted by Crippen LogP contribution is -2.04. The molecule has 7 heteroatoms. The van der Waals surface area contributed by atoms with Crippen molar-refractivity contribution in [1.82, 2.24) is 15.2 Å². The molecule has 0 saturated heterocycles. The first-order valence-corrected chi connectivity index (χ1v) is 6.04. The highest BCUT2D eigenvalue weighted by molar-refractivity contribution is 5.87. The Hall–Kier alpha value is -2.96. The molecule has 0 unspecified atom stereocenters. The van der Waals surface area contributed by atoms with Crippen molar-refractivity contribution in [1.29, 1.82) is 0 Å². The number of hydrogen-bond acceptors (Lipinski definition) is 3. The Morgan fingerprint density at radius 3 is 2.67 bits per heavy atom. The van der Waals surface area contributed by atoms with E-state index in [0.29, 0.717) is 0 Å². The van der Waals surface area contributed by atoms with Crippen molar-refractivity contribution in [2.45, 2.75) is 0 Å². The van der Waals surface area contributed by atoms with Gasteiger partial charge in [0.2, 0.25) is 0 Å². The number of nitrogen functional groups attached to an aromatic ring is 1. The standard InChI is InChI=1S/C14H10F2N4O/c15-7-1-2-8(10(16)5-7)12-13(19-20-14(12)17)9-6-18-4-3-11(9)21/h1-6H,(H,18,21)(H3,17,19,20). The first-order valence-electron chi connectivity index (χ1n) is 6.04. The third-order valence-corrected chi connectivity index (χ3v) is 3.09. The van der Waals surface area contributed by atoms with Crippen molar-refractivity contribution < 1.29 is 8.78 Å². The van der Waals surface area contributed by atoms with Gasteiger partial charge in [0.1, 0.15) is 11.6 Å². The number of rotatable bonds is 2. The third-order valence-electron chi connectivity index (χ3n) is 3.09. The minimum atomic E-state index is -0.781. The summed E-state index contributed by atoms with van der Waals surface area (Å²) in [4.78, 5) is 14.7. The second-order valence-electron chi connectivity index (χ2n) is 4.41. The van der Waals surface area contributed by atoms with Crippen LogP contribution in [-0.4, -0.2) is 15.2 Å². The van der Waals surface area contributed by atoms with Gasteiger partial charge in [-0.25, -0.2) is 8.78 Å². The molecule has 1 aromatic carbocycles. The molecule has 2 aromatic heterocycles. The maximum absolute atomic E-state index is 14.0. The molecule has 3 rings (SSSR count). The molecular weight excluding hydrogens is 278 g/mol. The Balaban J connectivity index is 2.28. The molecule has 0 aliphatic heterocycles. The van der Waals surface area contributed by atoms with Crippen LogP contribution in [-0.2, 0) is 0 Å². The lowest BCUT2D eigenvalue weighted by atomic mass is 10.0. The van der Waals surface area contributed by atoms with E-state index < -0.39 is 11.6 Å². The van der Waals surface area contributed by atoms with Crippen LogP contribution in [0.4, 0.5) is 14.6 Å². The van der Waals surface area contributed by atoms with Crippen LogP contribution in [0.5, 0.6) is 0 Å². The molecule has 21 heavy (non-hydrogen) atoms. The number of hydrogen-bond donors (Lipinski definition) is 3. The summed E-state index contributed by atoms with van der Waals surface area (Å²) in [6, 6.07) is 4.45. The highest BCUT2D eigenvalue weighted by atomic mass is 19.1. The lowest BCUT2D eigenvalue weighted by molar-refractivity contribution is 0.585. The summed E-state index contributed by atoms with van der Waals surface area (Å²) in [7, 11) is 0. The Bertz CT molecular complexity index is 869. The van der Waals surface area contributed by atoms with E-state index in [1.54, 1.807) is 0 Å². The number of pyridine rings is 1. The zero-order valence-electron chi connectivity index (χ0n) is 10.7. The molecule has 0 saturated carbocycles. The molecule has 0 radical (unpaired) electrons. The average molecular weight is 288 g/mol. The summed E-state index contributed by atoms with van der Waals surface area (Å²) in [6.45, 7) is 0. The summed E-state index contributed by atoms with van der Waals surface area (Å²) in [5.74, 6) is -1.45. The number of nitrogens with one attached hydrogen (secondary N) is 2. The minimum absolute atomic E-state index is 0.0266. The maximum Gasteiger partial charge on any atom is 0.190 e. The van der Waals surface area contributed by atoms with Crippen LogP contribution in [0, 0.1) is 11.6 Å². The average Bonchev–Trinajstić information content (AvgIpc) is 2.81. The zero-order valence-corrected chi connectivity index (χ0v) is 10.7. The van der Waals surface area contributed by atoms with E-state index in [1.807, 2.05) is 0 Å². The zero-order chi connectivity index (χ0) is 15.0. The number of benzene rings is 1. The van der Waals surface area contributed by atoms with Crippen molar-refractivity contribution in [3.63, 3.8) is 0 Å². The van der Waals surface area contributed by atoms with Gasteiger partial charge < -0.3 is 10.7 Å². The van der Waals surface area contributed by atoms with Gasteiger partial charge in [0, 0.05) is 30.1 Å². The van der Waals surface area contributed by atoms with Gasteiger partial charge in [-0.3, -0.25) is 9.89 Å². The summed E-state index contributed by atoms with van der Waals surface area (Å²) < 4.78 is 27.0. The predicted octanol–water partition coefficient (Wildman–Crippen LogP) is 2.29. The molecule has 0 amide bonds. The van der Waals surface area contributed by atoms with Crippen LogP contribution in [0.15, 0.2) is 41.5 Å². The SMILES string of the molecule is Nc1n[nH]c(-c2c[nH]ccc2=O)c1-c1ccc(F)cc1F. The molecule has 0 atom stereocenters. The monoisotopic (exact) mass is 288 g/mol. The van der Waals surface area contributed by atoms with E-state index >= 15 is 0 Å². The Labute approximate surface area is 117 Å². The molecule has 106 valence electrons. The molecule has 0 aliphatic carbocycles. The second kappa shape index (κ2) is 4.86. The fraction of sp³-hybridized carbons (Fsp3) is 0. The second-order valence-corrected chi connectivity index (χ2v) is 4.41. The third kappa shape index (κ3) is 2.18. The molecule has 0 bridgehead atoms. The summed E-state index contributed by atoms with van der Waals surface area (Å²) >= 11 is 0. The number of aromatic amines is 2. The first kappa shape index (κ1) is 13.0. The number of halogens is 2. The van der Waals surface area contributed by atoms with E-state index in [4.69, 9.17) is 5.73 Å². The van der Waals surface area contributed by atoms with Gasteiger partial charge in [-0.15, -0.1) is 0 Å². The quantitative estimate of drug-likeness (QED) is 0.676. The predicted molar refractivity (Wildman–Crippen MR) is 74.4 cm³/mol. The number of anilines is 1.